The first-order chi connectivity index (χ1) is 15.5. The maximum absolute atomic E-state index is 13.8. The molecule has 6 nitrogen and oxygen atoms in total. The minimum Gasteiger partial charge on any atom is -0.330 e. The molecule has 170 valence electrons. The van der Waals surface area contributed by atoms with E-state index in [-0.39, 0.29) is 35.1 Å². The molecule has 0 spiro atoms. The smallest absolute Gasteiger partial charge is 0.247 e. The Balaban J connectivity index is 1.11. The van der Waals surface area contributed by atoms with Crippen LogP contribution in [0.15, 0.2) is 24.3 Å². The number of rotatable bonds is 5. The second kappa shape index (κ2) is 7.60. The predicted octanol–water partition coefficient (Wildman–Crippen LogP) is 4.18. The number of nitrogens with zero attached hydrogens (tertiary/aromatic N) is 1. The third kappa shape index (κ3) is 3.61. The number of nitrogens with one attached hydrogen (secondary N) is 2. The number of carbonyl (C=O) groups is 3. The number of likely N-dealkylation sites (tertiary alicyclic amines) is 1. The largest absolute Gasteiger partial charge is 0.330 e. The highest BCUT2D eigenvalue weighted by Crippen LogP contribution is 2.60. The van der Waals surface area contributed by atoms with Gasteiger partial charge in [0, 0.05) is 23.8 Å². The summed E-state index contributed by atoms with van der Waals surface area (Å²) in [5, 5.41) is 5.93. The molecule has 1 aromatic carbocycles. The lowest BCUT2D eigenvalue weighted by atomic mass is 9.49. The number of carbonyl (C=O) groups excluding carboxylic acids is 3. The fraction of sp³-hybridized carbons (Fsp3) is 0.654. The van der Waals surface area contributed by atoms with E-state index in [1.54, 1.807) is 0 Å². The van der Waals surface area contributed by atoms with Gasteiger partial charge in [-0.25, -0.2) is 0 Å². The van der Waals surface area contributed by atoms with Crippen molar-refractivity contribution in [3.63, 3.8) is 0 Å². The molecule has 2 N–H and O–H groups in total. The average molecular weight is 436 g/mol. The zero-order valence-corrected chi connectivity index (χ0v) is 18.6. The summed E-state index contributed by atoms with van der Waals surface area (Å²) in [6, 6.07) is 6.91. The molecule has 32 heavy (non-hydrogen) atoms. The SMILES string of the molecule is O=C(Nc1ccc(NC(=O)C2CCCN2C(=O)C23CC4CC(CC(C4)C2)C3)cc1)C1CC1. The lowest BCUT2D eigenvalue weighted by Crippen LogP contribution is -2.56. The zero-order valence-electron chi connectivity index (χ0n) is 18.6. The van der Waals surface area contributed by atoms with Crippen molar-refractivity contribution in [3.05, 3.63) is 24.3 Å². The van der Waals surface area contributed by atoms with Crippen molar-refractivity contribution < 1.29 is 14.4 Å². The van der Waals surface area contributed by atoms with Gasteiger partial charge in [-0.2, -0.15) is 0 Å². The lowest BCUT2D eigenvalue weighted by Gasteiger charge is -2.56. The third-order valence-corrected chi connectivity index (χ3v) is 8.68. The maximum Gasteiger partial charge on any atom is 0.247 e. The molecule has 7 rings (SSSR count). The van der Waals surface area contributed by atoms with Gasteiger partial charge in [0.25, 0.3) is 0 Å². The number of anilines is 2. The van der Waals surface area contributed by atoms with Crippen LogP contribution in [0.5, 0.6) is 0 Å². The summed E-state index contributed by atoms with van der Waals surface area (Å²) >= 11 is 0. The molecule has 1 aromatic rings. The van der Waals surface area contributed by atoms with Gasteiger partial charge >= 0.3 is 0 Å². The van der Waals surface area contributed by atoms with Crippen molar-refractivity contribution in [2.75, 3.05) is 17.2 Å². The van der Waals surface area contributed by atoms with Crippen LogP contribution in [-0.4, -0.2) is 35.2 Å². The van der Waals surface area contributed by atoms with Crippen LogP contribution in [0.25, 0.3) is 0 Å². The number of benzene rings is 1. The highest BCUT2D eigenvalue weighted by atomic mass is 16.2. The van der Waals surface area contributed by atoms with Gasteiger partial charge in [-0.05, 0) is 106 Å². The molecule has 1 aliphatic heterocycles. The van der Waals surface area contributed by atoms with Crippen LogP contribution in [-0.2, 0) is 14.4 Å². The van der Waals surface area contributed by atoms with Crippen LogP contribution < -0.4 is 10.6 Å². The minimum atomic E-state index is -0.371. The van der Waals surface area contributed by atoms with Crippen molar-refractivity contribution in [1.82, 2.24) is 4.90 Å². The van der Waals surface area contributed by atoms with Crippen molar-refractivity contribution in [3.8, 4) is 0 Å². The second-order valence-corrected chi connectivity index (χ2v) is 11.2. The summed E-state index contributed by atoms with van der Waals surface area (Å²) in [6.45, 7) is 0.699. The predicted molar refractivity (Wildman–Crippen MR) is 122 cm³/mol. The summed E-state index contributed by atoms with van der Waals surface area (Å²) in [6.07, 6.45) is 10.6. The van der Waals surface area contributed by atoms with Crippen LogP contribution >= 0.6 is 0 Å². The van der Waals surface area contributed by atoms with Crippen LogP contribution in [0.1, 0.15) is 64.2 Å². The summed E-state index contributed by atoms with van der Waals surface area (Å²) in [7, 11) is 0. The van der Waals surface area contributed by atoms with E-state index in [1.807, 2.05) is 29.2 Å². The molecular formula is C26H33N3O3. The monoisotopic (exact) mass is 435 g/mol. The van der Waals surface area contributed by atoms with Gasteiger partial charge in [0.05, 0.1) is 5.41 Å². The molecule has 0 radical (unpaired) electrons. The quantitative estimate of drug-likeness (QED) is 0.728. The van der Waals surface area contributed by atoms with Crippen LogP contribution in [0.4, 0.5) is 11.4 Å². The molecule has 4 bridgehead atoms. The van der Waals surface area contributed by atoms with E-state index < -0.39 is 0 Å². The number of amides is 3. The van der Waals surface area contributed by atoms with E-state index in [9.17, 15) is 14.4 Å². The first-order valence-electron chi connectivity index (χ1n) is 12.5. The Bertz CT molecular complexity index is 901. The van der Waals surface area contributed by atoms with Gasteiger partial charge in [0.15, 0.2) is 0 Å². The number of hydrogen-bond acceptors (Lipinski definition) is 3. The van der Waals surface area contributed by atoms with Crippen LogP contribution in [0, 0.1) is 29.1 Å². The second-order valence-electron chi connectivity index (χ2n) is 11.2. The molecule has 0 aromatic heterocycles. The van der Waals surface area contributed by atoms with Gasteiger partial charge in [-0.15, -0.1) is 0 Å². The van der Waals surface area contributed by atoms with Crippen molar-refractivity contribution in [2.45, 2.75) is 70.3 Å². The third-order valence-electron chi connectivity index (χ3n) is 8.68. The average Bonchev–Trinajstić information content (AvgIpc) is 3.50. The Morgan fingerprint density at radius 2 is 1.31 bits per heavy atom. The van der Waals surface area contributed by atoms with Crippen molar-refractivity contribution in [2.24, 2.45) is 29.1 Å². The highest BCUT2D eigenvalue weighted by Gasteiger charge is 2.56. The topological polar surface area (TPSA) is 78.5 Å². The molecule has 6 aliphatic rings. The molecule has 6 heteroatoms. The van der Waals surface area contributed by atoms with Crippen LogP contribution in [0.3, 0.4) is 0 Å². The molecule has 3 amide bonds. The van der Waals surface area contributed by atoms with E-state index in [4.69, 9.17) is 0 Å². The molecule has 5 saturated carbocycles. The normalized spacial score (nSPS) is 35.1. The first kappa shape index (κ1) is 20.3. The highest BCUT2D eigenvalue weighted by molar-refractivity contribution is 5.99. The molecule has 1 unspecified atom stereocenters. The van der Waals surface area contributed by atoms with Gasteiger partial charge in [0.1, 0.15) is 6.04 Å². The zero-order chi connectivity index (χ0) is 21.9. The van der Waals surface area contributed by atoms with E-state index in [2.05, 4.69) is 10.6 Å². The van der Waals surface area contributed by atoms with Gasteiger partial charge < -0.3 is 15.5 Å². The Labute approximate surface area is 189 Å². The molecule has 6 fully saturated rings. The van der Waals surface area contributed by atoms with Gasteiger partial charge in [-0.3, -0.25) is 14.4 Å². The first-order valence-corrected chi connectivity index (χ1v) is 12.5. The van der Waals surface area contributed by atoms with E-state index in [1.165, 1.54) is 19.3 Å². The molecule has 1 saturated heterocycles. The minimum absolute atomic E-state index is 0.0755. The Morgan fingerprint density at radius 3 is 1.84 bits per heavy atom. The fourth-order valence-electron chi connectivity index (χ4n) is 7.41. The molecule has 5 aliphatic carbocycles. The standard InChI is InChI=1S/C26H33N3O3/c30-23(19-3-4-19)27-20-5-7-21(8-6-20)28-24(31)22-2-1-9-29(22)25(32)26-13-16-10-17(14-26)12-18(11-16)15-26/h5-8,16-19,22H,1-4,9-15H2,(H,27,30)(H,28,31). The summed E-state index contributed by atoms with van der Waals surface area (Å²) < 4.78 is 0. The van der Waals surface area contributed by atoms with Gasteiger partial charge in [0.2, 0.25) is 17.7 Å². The molecule has 1 heterocycles. The van der Waals surface area contributed by atoms with Crippen molar-refractivity contribution in [1.29, 1.82) is 0 Å². The van der Waals surface area contributed by atoms with E-state index in [0.717, 1.165) is 68.4 Å². The molecule has 1 atom stereocenters. The Morgan fingerprint density at radius 1 is 0.781 bits per heavy atom. The van der Waals surface area contributed by atoms with E-state index >= 15 is 0 Å². The fourth-order valence-corrected chi connectivity index (χ4v) is 7.41. The van der Waals surface area contributed by atoms with E-state index in [0.29, 0.717) is 12.2 Å². The summed E-state index contributed by atoms with van der Waals surface area (Å²) in [5.74, 6) is 2.57. The Hall–Kier alpha value is -2.37. The van der Waals surface area contributed by atoms with Crippen LogP contribution in [0.2, 0.25) is 0 Å². The summed E-state index contributed by atoms with van der Waals surface area (Å²) in [5.41, 5.74) is 1.26. The Kier molecular flexibility index (Phi) is 4.81. The van der Waals surface area contributed by atoms with Gasteiger partial charge in [-0.1, -0.05) is 0 Å². The maximum atomic E-state index is 13.8. The van der Waals surface area contributed by atoms with Crippen molar-refractivity contribution >= 4 is 29.1 Å². The lowest BCUT2D eigenvalue weighted by molar-refractivity contribution is -0.160. The summed E-state index contributed by atoms with van der Waals surface area (Å²) in [4.78, 5) is 40.8. The molecular weight excluding hydrogens is 402 g/mol. The number of hydrogen-bond donors (Lipinski definition) is 2.